The number of benzene rings is 1. The summed E-state index contributed by atoms with van der Waals surface area (Å²) in [5.74, 6) is 2.04. The molecular weight excluding hydrogens is 385 g/mol. The molecule has 1 N–H and O–H groups in total. The van der Waals surface area contributed by atoms with E-state index in [0.717, 1.165) is 36.5 Å². The molecule has 0 unspecified atom stereocenters. The lowest BCUT2D eigenvalue weighted by Gasteiger charge is -2.35. The molecule has 3 heterocycles. The number of aliphatic hydroxyl groups excluding tert-OH is 1. The summed E-state index contributed by atoms with van der Waals surface area (Å²) in [6.07, 6.45) is 4.21. The van der Waals surface area contributed by atoms with Gasteiger partial charge in [-0.05, 0) is 61.1 Å². The van der Waals surface area contributed by atoms with Crippen LogP contribution in [0.1, 0.15) is 18.6 Å². The molecule has 0 spiro atoms. The molecule has 0 radical (unpaired) electrons. The largest absolute Gasteiger partial charge is 0.488 e. The van der Waals surface area contributed by atoms with Crippen LogP contribution in [-0.4, -0.2) is 45.4 Å². The van der Waals surface area contributed by atoms with Gasteiger partial charge in [0.25, 0.3) is 0 Å². The van der Waals surface area contributed by atoms with Crippen molar-refractivity contribution in [2.45, 2.75) is 31.6 Å². The summed E-state index contributed by atoms with van der Waals surface area (Å²) in [4.78, 5) is 6.39. The van der Waals surface area contributed by atoms with Gasteiger partial charge in [0.05, 0.1) is 12.6 Å². The van der Waals surface area contributed by atoms with E-state index in [4.69, 9.17) is 9.26 Å². The lowest BCUT2D eigenvalue weighted by molar-refractivity contribution is -0.0231. The molecule has 1 aromatic carbocycles. The minimum Gasteiger partial charge on any atom is -0.488 e. The van der Waals surface area contributed by atoms with Gasteiger partial charge >= 0.3 is 0 Å². The Kier molecular flexibility index (Phi) is 5.23. The highest BCUT2D eigenvalue weighted by Crippen LogP contribution is 2.38. The number of hydrogen-bond donors (Lipinski definition) is 1. The minimum absolute atomic E-state index is 0.264. The van der Waals surface area contributed by atoms with Gasteiger partial charge in [-0.1, -0.05) is 5.16 Å². The van der Waals surface area contributed by atoms with Crippen molar-refractivity contribution in [2.24, 2.45) is 11.8 Å². The van der Waals surface area contributed by atoms with Crippen LogP contribution in [0.4, 0.5) is 4.39 Å². The molecule has 30 heavy (non-hydrogen) atoms. The summed E-state index contributed by atoms with van der Waals surface area (Å²) in [6, 6.07) is 11.8. The Morgan fingerprint density at radius 1 is 1.07 bits per heavy atom. The number of pyridine rings is 1. The van der Waals surface area contributed by atoms with E-state index in [1.54, 1.807) is 24.5 Å². The molecule has 1 aliphatic carbocycles. The van der Waals surface area contributed by atoms with Crippen LogP contribution in [-0.2, 0) is 6.54 Å². The number of aromatic nitrogens is 2. The van der Waals surface area contributed by atoms with E-state index < -0.39 is 6.10 Å². The first-order chi connectivity index (χ1) is 14.6. The highest BCUT2D eigenvalue weighted by Gasteiger charge is 2.42. The van der Waals surface area contributed by atoms with Crippen molar-refractivity contribution in [3.8, 4) is 17.0 Å². The topological polar surface area (TPSA) is 71.6 Å². The summed E-state index contributed by atoms with van der Waals surface area (Å²) in [7, 11) is 0. The van der Waals surface area contributed by atoms with Crippen molar-refractivity contribution >= 4 is 0 Å². The Balaban J connectivity index is 1.20. The number of halogens is 1. The van der Waals surface area contributed by atoms with E-state index in [1.807, 2.05) is 18.2 Å². The Bertz CT molecular complexity index is 979. The van der Waals surface area contributed by atoms with Crippen LogP contribution in [0.3, 0.4) is 0 Å². The Morgan fingerprint density at radius 2 is 1.80 bits per heavy atom. The average molecular weight is 409 g/mol. The zero-order chi connectivity index (χ0) is 20.5. The van der Waals surface area contributed by atoms with Gasteiger partial charge in [-0.15, -0.1) is 0 Å². The standard InChI is InChI=1S/C23H24FN3O3/c24-18-1-3-19(4-2-18)29-23-10-17-13-27(12-16(17)9-22(23)28)14-20-11-21(26-30-20)15-5-7-25-8-6-15/h1-8,11,16-17,22-23,28H,9-10,12-14H2/t16-,17+,22+,23+/m0/s1. The van der Waals surface area contributed by atoms with Gasteiger partial charge in [-0.3, -0.25) is 9.88 Å². The fourth-order valence-electron chi connectivity index (χ4n) is 4.70. The number of hydrogen-bond acceptors (Lipinski definition) is 6. The SMILES string of the molecule is O[C@@H]1C[C@H]2CN(Cc3cc(-c4ccncc4)no3)C[C@H]2C[C@H]1Oc1ccc(F)cc1. The van der Waals surface area contributed by atoms with E-state index in [1.165, 1.54) is 12.1 Å². The van der Waals surface area contributed by atoms with E-state index in [2.05, 4.69) is 15.0 Å². The summed E-state index contributed by atoms with van der Waals surface area (Å²) >= 11 is 0. The molecule has 1 saturated carbocycles. The number of nitrogens with zero attached hydrogens (tertiary/aromatic N) is 3. The van der Waals surface area contributed by atoms with Crippen molar-refractivity contribution < 1.29 is 18.8 Å². The van der Waals surface area contributed by atoms with Crippen LogP contribution in [0.15, 0.2) is 59.4 Å². The lowest BCUT2D eigenvalue weighted by Crippen LogP contribution is -2.42. The smallest absolute Gasteiger partial charge is 0.151 e. The average Bonchev–Trinajstić information content (AvgIpc) is 3.37. The second-order valence-electron chi connectivity index (χ2n) is 8.28. The molecule has 156 valence electrons. The first-order valence-corrected chi connectivity index (χ1v) is 10.3. The van der Waals surface area contributed by atoms with Crippen molar-refractivity contribution in [2.75, 3.05) is 13.1 Å². The molecule has 2 aromatic heterocycles. The molecule has 5 rings (SSSR count). The van der Waals surface area contributed by atoms with Gasteiger partial charge < -0.3 is 14.4 Å². The predicted octanol–water partition coefficient (Wildman–Crippen LogP) is 3.53. The van der Waals surface area contributed by atoms with Crippen molar-refractivity contribution in [3.05, 3.63) is 66.4 Å². The molecule has 7 heteroatoms. The third-order valence-corrected chi connectivity index (χ3v) is 6.18. The number of fused-ring (bicyclic) bond motifs is 1. The van der Waals surface area contributed by atoms with Gasteiger partial charge in [-0.25, -0.2) is 4.39 Å². The second-order valence-corrected chi connectivity index (χ2v) is 8.28. The van der Waals surface area contributed by atoms with Crippen molar-refractivity contribution in [1.82, 2.24) is 15.0 Å². The molecule has 2 fully saturated rings. The third kappa shape index (κ3) is 4.08. The monoisotopic (exact) mass is 409 g/mol. The van der Waals surface area contributed by atoms with E-state index in [9.17, 15) is 9.50 Å². The molecule has 6 nitrogen and oxygen atoms in total. The van der Waals surface area contributed by atoms with Gasteiger partial charge in [-0.2, -0.15) is 0 Å². The highest BCUT2D eigenvalue weighted by molar-refractivity contribution is 5.57. The van der Waals surface area contributed by atoms with Crippen molar-refractivity contribution in [1.29, 1.82) is 0 Å². The maximum absolute atomic E-state index is 13.1. The van der Waals surface area contributed by atoms with E-state index in [0.29, 0.717) is 30.6 Å². The number of rotatable bonds is 5. The minimum atomic E-state index is -0.514. The Labute approximate surface area is 174 Å². The number of aliphatic hydroxyl groups is 1. The van der Waals surface area contributed by atoms with Crippen molar-refractivity contribution in [3.63, 3.8) is 0 Å². The van der Waals surface area contributed by atoms with Crippen LogP contribution in [0.2, 0.25) is 0 Å². The highest BCUT2D eigenvalue weighted by atomic mass is 19.1. The molecular formula is C23H24FN3O3. The van der Waals surface area contributed by atoms with Gasteiger partial charge in [0.2, 0.25) is 0 Å². The first-order valence-electron chi connectivity index (χ1n) is 10.3. The lowest BCUT2D eigenvalue weighted by atomic mass is 9.78. The van der Waals surface area contributed by atoms with Gasteiger partial charge in [0.15, 0.2) is 5.76 Å². The van der Waals surface area contributed by atoms with E-state index in [-0.39, 0.29) is 11.9 Å². The van der Waals surface area contributed by atoms with Crippen LogP contribution in [0.25, 0.3) is 11.3 Å². The van der Waals surface area contributed by atoms with Crippen LogP contribution in [0, 0.1) is 17.7 Å². The molecule has 1 saturated heterocycles. The van der Waals surface area contributed by atoms with Gasteiger partial charge in [0.1, 0.15) is 23.4 Å². The van der Waals surface area contributed by atoms with Gasteiger partial charge in [0, 0.05) is 37.1 Å². The Hall–Kier alpha value is -2.77. The second kappa shape index (κ2) is 8.16. The maximum atomic E-state index is 13.1. The normalized spacial score (nSPS) is 26.5. The molecule has 3 aromatic rings. The van der Waals surface area contributed by atoms with Crippen LogP contribution in [0.5, 0.6) is 5.75 Å². The van der Waals surface area contributed by atoms with E-state index >= 15 is 0 Å². The fourth-order valence-corrected chi connectivity index (χ4v) is 4.70. The number of likely N-dealkylation sites (tertiary alicyclic amines) is 1. The molecule has 4 atom stereocenters. The van der Waals surface area contributed by atoms with Crippen LogP contribution < -0.4 is 4.74 Å². The molecule has 1 aliphatic heterocycles. The first kappa shape index (κ1) is 19.2. The zero-order valence-electron chi connectivity index (χ0n) is 16.5. The van der Waals surface area contributed by atoms with Crippen LogP contribution >= 0.6 is 0 Å². The summed E-state index contributed by atoms with van der Waals surface area (Å²) in [5.41, 5.74) is 1.80. The maximum Gasteiger partial charge on any atom is 0.151 e. The number of ether oxygens (including phenoxy) is 1. The molecule has 2 aliphatic rings. The Morgan fingerprint density at radius 3 is 2.57 bits per heavy atom. The molecule has 0 bridgehead atoms. The summed E-state index contributed by atoms with van der Waals surface area (Å²) in [6.45, 7) is 2.56. The molecule has 0 amide bonds. The zero-order valence-corrected chi connectivity index (χ0v) is 16.5. The summed E-state index contributed by atoms with van der Waals surface area (Å²) in [5, 5.41) is 14.8. The quantitative estimate of drug-likeness (QED) is 0.695. The third-order valence-electron chi connectivity index (χ3n) is 6.18. The fraction of sp³-hybridized carbons (Fsp3) is 0.391. The summed E-state index contributed by atoms with van der Waals surface area (Å²) < 4.78 is 24.6. The predicted molar refractivity (Wildman–Crippen MR) is 108 cm³/mol.